The number of aryl methyl sites for hydroxylation is 1. The Balaban J connectivity index is 2.03. The molecule has 0 aliphatic carbocycles. The van der Waals surface area contributed by atoms with E-state index < -0.39 is 18.1 Å². The third-order valence-corrected chi connectivity index (χ3v) is 3.97. The van der Waals surface area contributed by atoms with Crippen LogP contribution in [-0.2, 0) is 4.74 Å². The summed E-state index contributed by atoms with van der Waals surface area (Å²) >= 11 is 0.846. The minimum atomic E-state index is -1.21. The van der Waals surface area contributed by atoms with Gasteiger partial charge in [0.25, 0.3) is 0 Å². The van der Waals surface area contributed by atoms with Crippen molar-refractivity contribution in [1.29, 1.82) is 0 Å². The molecule has 0 saturated heterocycles. The second-order valence-corrected chi connectivity index (χ2v) is 7.05. The van der Waals surface area contributed by atoms with Gasteiger partial charge in [0.05, 0.1) is 18.5 Å². The maximum atomic E-state index is 12.2. The summed E-state index contributed by atoms with van der Waals surface area (Å²) in [5.74, 6) is -0.0406. The summed E-state index contributed by atoms with van der Waals surface area (Å²) in [6.07, 6.45) is -0.0387. The number of hydrogen-bond acceptors (Lipinski definition) is 7. The fraction of sp³-hybridized carbons (Fsp3) is 0.294. The molecule has 27 heavy (non-hydrogen) atoms. The standard InChI is InChI=1S/C17H20N4O5S/c1-9(2)8-25-12-6-10(3)4-5-11(12)20-16(24)21-17-19-7-13(27-17)14(22)26-15(18)23/h4-7,9H,8H2,1-3H3,(H2,18,23)(H2,19,20,21,24). The summed E-state index contributed by atoms with van der Waals surface area (Å²) in [6, 6.07) is 4.86. The van der Waals surface area contributed by atoms with Crippen molar-refractivity contribution in [3.63, 3.8) is 0 Å². The van der Waals surface area contributed by atoms with E-state index >= 15 is 0 Å². The fourth-order valence-corrected chi connectivity index (χ4v) is 2.62. The first-order chi connectivity index (χ1) is 12.7. The number of thiazole rings is 1. The Morgan fingerprint density at radius 2 is 2.00 bits per heavy atom. The fourth-order valence-electron chi connectivity index (χ4n) is 1.93. The van der Waals surface area contributed by atoms with Crippen LogP contribution in [0.3, 0.4) is 0 Å². The number of primary amides is 1. The summed E-state index contributed by atoms with van der Waals surface area (Å²) in [7, 11) is 0. The van der Waals surface area contributed by atoms with Gasteiger partial charge in [-0.1, -0.05) is 31.3 Å². The summed E-state index contributed by atoms with van der Waals surface area (Å²) in [4.78, 5) is 38.3. The van der Waals surface area contributed by atoms with E-state index in [0.29, 0.717) is 24.0 Å². The Bertz CT molecular complexity index is 850. The monoisotopic (exact) mass is 392 g/mol. The van der Waals surface area contributed by atoms with Crippen LogP contribution < -0.4 is 21.1 Å². The van der Waals surface area contributed by atoms with E-state index in [1.807, 2.05) is 32.9 Å². The van der Waals surface area contributed by atoms with Gasteiger partial charge < -0.3 is 20.5 Å². The van der Waals surface area contributed by atoms with Gasteiger partial charge in [0.1, 0.15) is 10.6 Å². The molecule has 4 N–H and O–H groups in total. The molecule has 2 rings (SSSR count). The Labute approximate surface area is 159 Å². The van der Waals surface area contributed by atoms with E-state index in [9.17, 15) is 14.4 Å². The predicted octanol–water partition coefficient (Wildman–Crippen LogP) is 3.37. The van der Waals surface area contributed by atoms with Crippen molar-refractivity contribution in [2.75, 3.05) is 17.2 Å². The third kappa shape index (κ3) is 6.26. The largest absolute Gasteiger partial charge is 0.491 e. The molecule has 1 aromatic heterocycles. The number of carbonyl (C=O) groups excluding carboxylic acids is 3. The van der Waals surface area contributed by atoms with Crippen LogP contribution in [0.2, 0.25) is 0 Å². The van der Waals surface area contributed by atoms with E-state index in [1.165, 1.54) is 6.20 Å². The smallest absolute Gasteiger partial charge is 0.412 e. The SMILES string of the molecule is Cc1ccc(NC(=O)Nc2ncc(C(=O)OC(N)=O)s2)c(OCC(C)C)c1. The van der Waals surface area contributed by atoms with Crippen molar-refractivity contribution in [3.05, 3.63) is 34.8 Å². The maximum absolute atomic E-state index is 12.2. The first-order valence-electron chi connectivity index (χ1n) is 8.03. The number of carbonyl (C=O) groups is 3. The Morgan fingerprint density at radius 1 is 1.26 bits per heavy atom. The summed E-state index contributed by atoms with van der Waals surface area (Å²) in [5, 5.41) is 5.34. The highest BCUT2D eigenvalue weighted by atomic mass is 32.1. The maximum Gasteiger partial charge on any atom is 0.412 e. The van der Waals surface area contributed by atoms with Gasteiger partial charge in [-0.3, -0.25) is 5.32 Å². The highest BCUT2D eigenvalue weighted by molar-refractivity contribution is 7.17. The number of urea groups is 1. The molecule has 0 unspecified atom stereocenters. The van der Waals surface area contributed by atoms with Crippen LogP contribution in [0.25, 0.3) is 0 Å². The van der Waals surface area contributed by atoms with E-state index in [-0.39, 0.29) is 10.0 Å². The van der Waals surface area contributed by atoms with E-state index in [0.717, 1.165) is 16.9 Å². The summed E-state index contributed by atoms with van der Waals surface area (Å²) in [6.45, 7) is 6.49. The second kappa shape index (κ2) is 8.99. The second-order valence-electron chi connectivity index (χ2n) is 6.02. The quantitative estimate of drug-likeness (QED) is 0.510. The molecule has 1 aromatic carbocycles. The molecule has 0 spiro atoms. The van der Waals surface area contributed by atoms with Crippen molar-refractivity contribution < 1.29 is 23.9 Å². The lowest BCUT2D eigenvalue weighted by Gasteiger charge is -2.14. The van der Waals surface area contributed by atoms with Crippen LogP contribution >= 0.6 is 11.3 Å². The predicted molar refractivity (Wildman–Crippen MR) is 101 cm³/mol. The van der Waals surface area contributed by atoms with Crippen LogP contribution in [0.4, 0.5) is 20.4 Å². The van der Waals surface area contributed by atoms with E-state index in [4.69, 9.17) is 10.5 Å². The number of aromatic nitrogens is 1. The zero-order chi connectivity index (χ0) is 20.0. The van der Waals surface area contributed by atoms with Crippen LogP contribution in [0.15, 0.2) is 24.4 Å². The molecule has 144 valence electrons. The number of anilines is 2. The van der Waals surface area contributed by atoms with Gasteiger partial charge >= 0.3 is 18.1 Å². The molecule has 0 radical (unpaired) electrons. The number of amides is 3. The Morgan fingerprint density at radius 3 is 2.67 bits per heavy atom. The topological polar surface area (TPSA) is 133 Å². The number of esters is 1. The van der Waals surface area contributed by atoms with Crippen LogP contribution in [0.5, 0.6) is 5.75 Å². The number of nitrogens with one attached hydrogen (secondary N) is 2. The van der Waals surface area contributed by atoms with Gasteiger partial charge in [0.2, 0.25) is 0 Å². The average molecular weight is 392 g/mol. The molecule has 9 nitrogen and oxygen atoms in total. The number of hydrogen-bond donors (Lipinski definition) is 3. The van der Waals surface area contributed by atoms with Crippen molar-refractivity contribution >= 4 is 40.2 Å². The van der Waals surface area contributed by atoms with Crippen LogP contribution in [0, 0.1) is 12.8 Å². The minimum absolute atomic E-state index is 0.0281. The molecular weight excluding hydrogens is 372 g/mol. The van der Waals surface area contributed by atoms with Crippen molar-refractivity contribution in [3.8, 4) is 5.75 Å². The highest BCUT2D eigenvalue weighted by Gasteiger charge is 2.16. The Hall–Kier alpha value is -3.14. The zero-order valence-electron chi connectivity index (χ0n) is 15.1. The molecular formula is C17H20N4O5S. The minimum Gasteiger partial charge on any atom is -0.491 e. The third-order valence-electron chi connectivity index (χ3n) is 3.08. The van der Waals surface area contributed by atoms with Gasteiger partial charge in [0, 0.05) is 0 Å². The number of ether oxygens (including phenoxy) is 2. The Kier molecular flexibility index (Phi) is 6.72. The van der Waals surface area contributed by atoms with Gasteiger partial charge in [-0.25, -0.2) is 19.4 Å². The van der Waals surface area contributed by atoms with Gasteiger partial charge in [0.15, 0.2) is 5.13 Å². The lowest BCUT2D eigenvalue weighted by Crippen LogP contribution is -2.20. The molecule has 0 bridgehead atoms. The molecule has 3 amide bonds. The van der Waals surface area contributed by atoms with E-state index in [1.54, 1.807) is 6.07 Å². The van der Waals surface area contributed by atoms with Crippen molar-refractivity contribution in [1.82, 2.24) is 4.98 Å². The number of benzene rings is 1. The summed E-state index contributed by atoms with van der Waals surface area (Å²) < 4.78 is 9.99. The number of rotatable bonds is 6. The molecule has 10 heteroatoms. The van der Waals surface area contributed by atoms with Gasteiger partial charge in [-0.15, -0.1) is 0 Å². The highest BCUT2D eigenvalue weighted by Crippen LogP contribution is 2.27. The number of nitrogens with two attached hydrogens (primary N) is 1. The lowest BCUT2D eigenvalue weighted by molar-refractivity contribution is 0.0643. The molecule has 0 fully saturated rings. The molecule has 0 atom stereocenters. The van der Waals surface area contributed by atoms with Crippen molar-refractivity contribution in [2.45, 2.75) is 20.8 Å². The summed E-state index contributed by atoms with van der Waals surface area (Å²) in [5.41, 5.74) is 6.28. The molecule has 0 aliphatic heterocycles. The van der Waals surface area contributed by atoms with Gasteiger partial charge in [-0.05, 0) is 30.5 Å². The molecule has 2 aromatic rings. The zero-order valence-corrected chi connectivity index (χ0v) is 15.9. The first kappa shape index (κ1) is 20.2. The molecule has 1 heterocycles. The van der Waals surface area contributed by atoms with E-state index in [2.05, 4.69) is 20.4 Å². The van der Waals surface area contributed by atoms with Crippen molar-refractivity contribution in [2.24, 2.45) is 11.7 Å². The molecule has 0 aliphatic rings. The normalized spacial score (nSPS) is 10.4. The van der Waals surface area contributed by atoms with Crippen LogP contribution in [-0.4, -0.2) is 29.7 Å². The molecule has 0 saturated carbocycles. The first-order valence-corrected chi connectivity index (χ1v) is 8.85. The lowest BCUT2D eigenvalue weighted by atomic mass is 10.2. The van der Waals surface area contributed by atoms with Crippen LogP contribution in [0.1, 0.15) is 29.1 Å². The van der Waals surface area contributed by atoms with Gasteiger partial charge in [-0.2, -0.15) is 0 Å². The number of nitrogens with zero attached hydrogens (tertiary/aromatic N) is 1. The average Bonchev–Trinajstić information content (AvgIpc) is 3.03.